The van der Waals surface area contributed by atoms with E-state index >= 15 is 4.39 Å². The molecule has 45 heavy (non-hydrogen) atoms. The predicted octanol–water partition coefficient (Wildman–Crippen LogP) is 7.61. The number of carbonyl (C=O) groups is 2. The van der Waals surface area contributed by atoms with Crippen molar-refractivity contribution in [1.29, 1.82) is 0 Å². The molecule has 0 saturated carbocycles. The van der Waals surface area contributed by atoms with Gasteiger partial charge < -0.3 is 24.2 Å². The molecule has 3 aromatic carbocycles. The van der Waals surface area contributed by atoms with Crippen molar-refractivity contribution in [3.8, 4) is 22.6 Å². The number of hydrogen-bond acceptors (Lipinski definition) is 5. The highest BCUT2D eigenvalue weighted by atomic mass is 19.4. The van der Waals surface area contributed by atoms with Gasteiger partial charge in [-0.3, -0.25) is 4.79 Å². The van der Waals surface area contributed by atoms with Crippen molar-refractivity contribution >= 4 is 17.6 Å². The first-order valence-electron chi connectivity index (χ1n) is 14.6. The summed E-state index contributed by atoms with van der Waals surface area (Å²) in [6, 6.07) is 6.25. The van der Waals surface area contributed by atoms with Crippen LogP contribution in [0.4, 0.5) is 23.2 Å². The van der Waals surface area contributed by atoms with Gasteiger partial charge in [0.15, 0.2) is 17.7 Å². The van der Waals surface area contributed by atoms with Crippen LogP contribution in [0.3, 0.4) is 0 Å². The summed E-state index contributed by atoms with van der Waals surface area (Å²) >= 11 is 0. The fraction of sp³-hybridized carbons (Fsp3) is 0.412. The molecule has 1 atom stereocenters. The number of alkyl halides is 3. The van der Waals surface area contributed by atoms with E-state index in [-0.39, 0.29) is 24.3 Å². The van der Waals surface area contributed by atoms with E-state index in [1.54, 1.807) is 33.8 Å². The fourth-order valence-corrected chi connectivity index (χ4v) is 6.35. The minimum Gasteiger partial charge on any atom is -0.495 e. The first kappa shape index (κ1) is 32.3. The van der Waals surface area contributed by atoms with Gasteiger partial charge in [-0.05, 0) is 106 Å². The molecule has 11 heteroatoms. The number of carboxylic acids is 1. The van der Waals surface area contributed by atoms with E-state index in [4.69, 9.17) is 14.2 Å². The van der Waals surface area contributed by atoms with Gasteiger partial charge in [-0.25, -0.2) is 9.18 Å². The van der Waals surface area contributed by atoms with Crippen LogP contribution in [0.2, 0.25) is 0 Å². The second-order valence-electron chi connectivity index (χ2n) is 12.3. The fourth-order valence-electron chi connectivity index (χ4n) is 6.35. The molecule has 5 rings (SSSR count). The number of ether oxygens (including phenoxy) is 3. The minimum atomic E-state index is -4.75. The monoisotopic (exact) mass is 629 g/mol. The highest BCUT2D eigenvalue weighted by Gasteiger charge is 2.40. The number of aliphatic carboxylic acids is 1. The summed E-state index contributed by atoms with van der Waals surface area (Å²) in [6.45, 7) is 9.17. The second kappa shape index (κ2) is 11.7. The third kappa shape index (κ3) is 5.85. The molecule has 0 aliphatic carbocycles. The molecule has 0 spiro atoms. The molecule has 0 radical (unpaired) electrons. The van der Waals surface area contributed by atoms with Crippen molar-refractivity contribution in [1.82, 2.24) is 0 Å². The van der Waals surface area contributed by atoms with E-state index in [1.807, 2.05) is 6.92 Å². The standard InChI is InChI=1S/C34H35F4NO6/c1-17-15-25-20(12-13-39(25)31(40)21-9-7-11-23(28(21)43-6)34(36,37)38)27(26(17)30(32(41)42)45-33(3,4)5)22-16-24(35)29-19(18(22)2)10-8-14-44-29/h7,9,11,15-16,30H,8,10,12-14H2,1-6H3,(H,41,42). The molecule has 1 amide bonds. The molecular weight excluding hydrogens is 594 g/mol. The van der Waals surface area contributed by atoms with Crippen LogP contribution in [0.5, 0.6) is 11.5 Å². The number of methoxy groups -OCH3 is 1. The summed E-state index contributed by atoms with van der Waals surface area (Å²) in [5.74, 6) is -2.96. The maximum atomic E-state index is 15.6. The normalized spacial score (nSPS) is 15.3. The van der Waals surface area contributed by atoms with Gasteiger partial charge in [0.2, 0.25) is 0 Å². The number of nitrogens with zero attached hydrogens (tertiary/aromatic N) is 1. The lowest BCUT2D eigenvalue weighted by molar-refractivity contribution is -0.160. The topological polar surface area (TPSA) is 85.3 Å². The number of rotatable bonds is 6. The van der Waals surface area contributed by atoms with E-state index in [1.165, 1.54) is 17.0 Å². The summed E-state index contributed by atoms with van der Waals surface area (Å²) in [5, 5.41) is 10.4. The summed E-state index contributed by atoms with van der Waals surface area (Å²) in [7, 11) is 1.08. The molecule has 1 N–H and O–H groups in total. The zero-order chi connectivity index (χ0) is 33.0. The lowest BCUT2D eigenvalue weighted by Gasteiger charge is -2.30. The Bertz CT molecular complexity index is 1690. The van der Waals surface area contributed by atoms with Crippen LogP contribution in [0.25, 0.3) is 11.1 Å². The third-order valence-corrected chi connectivity index (χ3v) is 8.20. The van der Waals surface area contributed by atoms with Gasteiger partial charge in [0.25, 0.3) is 5.91 Å². The molecule has 2 aliphatic heterocycles. The van der Waals surface area contributed by atoms with E-state index in [2.05, 4.69) is 0 Å². The van der Waals surface area contributed by atoms with Crippen LogP contribution < -0.4 is 14.4 Å². The Balaban J connectivity index is 1.77. The first-order chi connectivity index (χ1) is 21.0. The zero-order valence-electron chi connectivity index (χ0n) is 25.9. The van der Waals surface area contributed by atoms with Gasteiger partial charge in [-0.15, -0.1) is 0 Å². The molecule has 2 heterocycles. The minimum absolute atomic E-state index is 0.0942. The smallest absolute Gasteiger partial charge is 0.419 e. The van der Waals surface area contributed by atoms with E-state index in [0.29, 0.717) is 64.1 Å². The summed E-state index contributed by atoms with van der Waals surface area (Å²) in [5.41, 5.74) is 1.81. The quantitative estimate of drug-likeness (QED) is 0.283. The Labute approximate surface area is 258 Å². The van der Waals surface area contributed by atoms with E-state index in [9.17, 15) is 27.9 Å². The predicted molar refractivity (Wildman–Crippen MR) is 160 cm³/mol. The molecule has 3 aromatic rings. The molecule has 0 fully saturated rings. The van der Waals surface area contributed by atoms with Gasteiger partial charge >= 0.3 is 12.1 Å². The maximum absolute atomic E-state index is 15.6. The largest absolute Gasteiger partial charge is 0.495 e. The van der Waals surface area contributed by atoms with Crippen LogP contribution in [0, 0.1) is 19.7 Å². The molecular formula is C34H35F4NO6. The summed E-state index contributed by atoms with van der Waals surface area (Å²) < 4.78 is 73.7. The van der Waals surface area contributed by atoms with Crippen molar-refractivity contribution in [2.75, 3.05) is 25.2 Å². The molecule has 1 unspecified atom stereocenters. The lowest BCUT2D eigenvalue weighted by atomic mass is 9.83. The number of halogens is 4. The molecule has 0 bridgehead atoms. The number of carbonyl (C=O) groups excluding carboxylic acids is 1. The number of carboxylic acid groups (broad SMARTS) is 1. The number of amides is 1. The van der Waals surface area contributed by atoms with Crippen molar-refractivity contribution in [3.63, 3.8) is 0 Å². The number of para-hydroxylation sites is 1. The third-order valence-electron chi connectivity index (χ3n) is 8.20. The maximum Gasteiger partial charge on any atom is 0.419 e. The molecule has 7 nitrogen and oxygen atoms in total. The van der Waals surface area contributed by atoms with Gasteiger partial charge in [0, 0.05) is 23.4 Å². The van der Waals surface area contributed by atoms with Crippen molar-refractivity contribution in [3.05, 3.63) is 75.1 Å². The second-order valence-corrected chi connectivity index (χ2v) is 12.3. The number of hydrogen-bond donors (Lipinski definition) is 1. The van der Waals surface area contributed by atoms with Crippen molar-refractivity contribution in [2.45, 2.75) is 71.8 Å². The van der Waals surface area contributed by atoms with Crippen molar-refractivity contribution < 1.29 is 46.5 Å². The molecule has 240 valence electrons. The van der Waals surface area contributed by atoms with Gasteiger partial charge in [-0.1, -0.05) is 6.07 Å². The Morgan fingerprint density at radius 3 is 2.40 bits per heavy atom. The summed E-state index contributed by atoms with van der Waals surface area (Å²) in [6.07, 6.45) is -4.70. The summed E-state index contributed by atoms with van der Waals surface area (Å²) in [4.78, 5) is 28.1. The van der Waals surface area contributed by atoms with Crippen LogP contribution >= 0.6 is 0 Å². The number of fused-ring (bicyclic) bond motifs is 2. The van der Waals surface area contributed by atoms with Crippen LogP contribution in [0.1, 0.15) is 77.0 Å². The van der Waals surface area contributed by atoms with Crippen LogP contribution in [-0.4, -0.2) is 42.8 Å². The van der Waals surface area contributed by atoms with E-state index < -0.39 is 46.9 Å². The van der Waals surface area contributed by atoms with Crippen LogP contribution in [-0.2, 0) is 28.5 Å². The SMILES string of the molecule is COc1c(C(=O)N2CCc3c2cc(C)c(C(OC(C)(C)C)C(=O)O)c3-c2cc(F)c3c(c2C)CCCO3)cccc1C(F)(F)F. The highest BCUT2D eigenvalue weighted by molar-refractivity contribution is 6.10. The molecule has 2 aliphatic rings. The average Bonchev–Trinajstić information content (AvgIpc) is 3.38. The average molecular weight is 630 g/mol. The first-order valence-corrected chi connectivity index (χ1v) is 14.6. The Kier molecular flexibility index (Phi) is 8.37. The number of aryl methyl sites for hydroxylation is 1. The van der Waals surface area contributed by atoms with Crippen LogP contribution in [0.15, 0.2) is 30.3 Å². The number of anilines is 1. The lowest BCUT2D eigenvalue weighted by Crippen LogP contribution is -2.30. The molecule has 0 saturated heterocycles. The zero-order valence-corrected chi connectivity index (χ0v) is 25.9. The van der Waals surface area contributed by atoms with Crippen molar-refractivity contribution in [2.24, 2.45) is 0 Å². The Morgan fingerprint density at radius 1 is 1.07 bits per heavy atom. The Hall–Kier alpha value is -4.12. The van der Waals surface area contributed by atoms with Gasteiger partial charge in [-0.2, -0.15) is 13.2 Å². The number of benzene rings is 3. The molecule has 0 aromatic heterocycles. The Morgan fingerprint density at radius 2 is 1.78 bits per heavy atom. The van der Waals surface area contributed by atoms with Gasteiger partial charge in [0.05, 0.1) is 30.4 Å². The van der Waals surface area contributed by atoms with Gasteiger partial charge in [0.1, 0.15) is 5.75 Å². The van der Waals surface area contributed by atoms with E-state index in [0.717, 1.165) is 19.2 Å². The highest BCUT2D eigenvalue weighted by Crippen LogP contribution is 2.48.